The number of halogens is 1. The second-order valence-corrected chi connectivity index (χ2v) is 7.47. The van der Waals surface area contributed by atoms with Crippen LogP contribution in [0.5, 0.6) is 0 Å². The van der Waals surface area contributed by atoms with Gasteiger partial charge in [0.1, 0.15) is 0 Å². The van der Waals surface area contributed by atoms with E-state index >= 15 is 0 Å². The van der Waals surface area contributed by atoms with Crippen LogP contribution in [0.1, 0.15) is 43.2 Å². The molecule has 0 aromatic heterocycles. The standard InChI is InChI=1S/C19H23ClN2O3/c1-11-9-12(2)17(15(20)10-11)21-16(23)7-8-22-18(24)13-5-3-4-6-14(13)19(22)25/h9-10,13-14H,3-8H2,1-2H3,(H,21,23)/t13-,14-/m0/s1. The summed E-state index contributed by atoms with van der Waals surface area (Å²) in [7, 11) is 0. The van der Waals surface area contributed by atoms with Crippen LogP contribution in [0.2, 0.25) is 5.02 Å². The molecule has 3 rings (SSSR count). The van der Waals surface area contributed by atoms with Crippen molar-refractivity contribution in [1.82, 2.24) is 4.90 Å². The van der Waals surface area contributed by atoms with Gasteiger partial charge in [-0.3, -0.25) is 19.3 Å². The number of carbonyl (C=O) groups is 3. The molecule has 5 nitrogen and oxygen atoms in total. The van der Waals surface area contributed by atoms with Crippen LogP contribution in [0.25, 0.3) is 0 Å². The summed E-state index contributed by atoms with van der Waals surface area (Å²) in [5.74, 6) is -0.792. The van der Waals surface area contributed by atoms with Crippen molar-refractivity contribution in [1.29, 1.82) is 0 Å². The second kappa shape index (κ2) is 7.16. The Balaban J connectivity index is 1.61. The van der Waals surface area contributed by atoms with Crippen LogP contribution in [0, 0.1) is 25.7 Å². The first-order chi connectivity index (χ1) is 11.9. The molecule has 2 aliphatic rings. The molecule has 3 amide bonds. The van der Waals surface area contributed by atoms with E-state index < -0.39 is 0 Å². The molecule has 1 aromatic carbocycles. The Morgan fingerprint density at radius 2 is 1.76 bits per heavy atom. The van der Waals surface area contributed by atoms with E-state index in [0.717, 1.165) is 36.8 Å². The lowest BCUT2D eigenvalue weighted by atomic mass is 9.81. The molecule has 2 fully saturated rings. The summed E-state index contributed by atoms with van der Waals surface area (Å²) in [6, 6.07) is 3.74. The van der Waals surface area contributed by atoms with Crippen molar-refractivity contribution in [2.24, 2.45) is 11.8 Å². The van der Waals surface area contributed by atoms with E-state index in [1.54, 1.807) is 6.07 Å². The first-order valence-corrected chi connectivity index (χ1v) is 9.18. The molecule has 0 unspecified atom stereocenters. The summed E-state index contributed by atoms with van der Waals surface area (Å²) in [6.45, 7) is 3.96. The SMILES string of the molecule is Cc1cc(C)c(NC(=O)CCN2C(=O)[C@H]3CCCC[C@@H]3C2=O)c(Cl)c1. The van der Waals surface area contributed by atoms with Crippen molar-refractivity contribution in [3.63, 3.8) is 0 Å². The Morgan fingerprint density at radius 3 is 2.32 bits per heavy atom. The average Bonchev–Trinajstić information content (AvgIpc) is 2.81. The van der Waals surface area contributed by atoms with Gasteiger partial charge in [0.15, 0.2) is 0 Å². The summed E-state index contributed by atoms with van der Waals surface area (Å²) in [5.41, 5.74) is 2.50. The van der Waals surface area contributed by atoms with Crippen LogP contribution >= 0.6 is 11.6 Å². The quantitative estimate of drug-likeness (QED) is 0.834. The molecule has 134 valence electrons. The molecule has 1 aliphatic carbocycles. The number of benzene rings is 1. The van der Waals surface area contributed by atoms with Crippen molar-refractivity contribution in [3.8, 4) is 0 Å². The number of hydrogen-bond donors (Lipinski definition) is 1. The molecule has 1 aliphatic heterocycles. The molecule has 1 N–H and O–H groups in total. The monoisotopic (exact) mass is 362 g/mol. The summed E-state index contributed by atoms with van der Waals surface area (Å²) < 4.78 is 0. The van der Waals surface area contributed by atoms with Gasteiger partial charge in [-0.05, 0) is 43.9 Å². The lowest BCUT2D eigenvalue weighted by molar-refractivity contribution is -0.140. The Morgan fingerprint density at radius 1 is 1.16 bits per heavy atom. The van der Waals surface area contributed by atoms with Crippen molar-refractivity contribution in [3.05, 3.63) is 28.3 Å². The van der Waals surface area contributed by atoms with Gasteiger partial charge >= 0.3 is 0 Å². The lowest BCUT2D eigenvalue weighted by Crippen LogP contribution is -2.34. The van der Waals surface area contributed by atoms with Gasteiger partial charge < -0.3 is 5.32 Å². The van der Waals surface area contributed by atoms with E-state index in [9.17, 15) is 14.4 Å². The molecule has 0 spiro atoms. The highest BCUT2D eigenvalue weighted by Gasteiger charge is 2.47. The zero-order chi connectivity index (χ0) is 18.1. The number of amides is 3. The highest BCUT2D eigenvalue weighted by atomic mass is 35.5. The van der Waals surface area contributed by atoms with Crippen LogP contribution in [-0.2, 0) is 14.4 Å². The predicted molar refractivity (Wildman–Crippen MR) is 96.3 cm³/mol. The first-order valence-electron chi connectivity index (χ1n) is 8.80. The molecular formula is C19H23ClN2O3. The molecule has 1 saturated carbocycles. The zero-order valence-corrected chi connectivity index (χ0v) is 15.4. The summed E-state index contributed by atoms with van der Waals surface area (Å²) in [5, 5.41) is 3.29. The number of anilines is 1. The molecule has 1 heterocycles. The Labute approximate surface area is 152 Å². The molecule has 1 saturated heterocycles. The summed E-state index contributed by atoms with van der Waals surface area (Å²) in [6.07, 6.45) is 3.66. The smallest absolute Gasteiger partial charge is 0.233 e. The van der Waals surface area contributed by atoms with Crippen LogP contribution in [0.3, 0.4) is 0 Å². The first kappa shape index (κ1) is 17.9. The van der Waals surface area contributed by atoms with Gasteiger partial charge in [0.05, 0.1) is 22.5 Å². The molecule has 0 bridgehead atoms. The highest BCUT2D eigenvalue weighted by Crippen LogP contribution is 2.38. The third-order valence-electron chi connectivity index (χ3n) is 5.19. The van der Waals surface area contributed by atoms with E-state index in [1.165, 1.54) is 4.90 Å². The van der Waals surface area contributed by atoms with Crippen molar-refractivity contribution in [2.75, 3.05) is 11.9 Å². The van der Waals surface area contributed by atoms with E-state index in [0.29, 0.717) is 10.7 Å². The topological polar surface area (TPSA) is 66.5 Å². The summed E-state index contributed by atoms with van der Waals surface area (Å²) in [4.78, 5) is 38.4. The van der Waals surface area contributed by atoms with Gasteiger partial charge in [-0.25, -0.2) is 0 Å². The molecule has 0 radical (unpaired) electrons. The molecule has 25 heavy (non-hydrogen) atoms. The van der Waals surface area contributed by atoms with Gasteiger partial charge in [0, 0.05) is 13.0 Å². The molecule has 1 aromatic rings. The number of hydrogen-bond acceptors (Lipinski definition) is 3. The predicted octanol–water partition coefficient (Wildman–Crippen LogP) is 3.46. The number of carbonyl (C=O) groups excluding carboxylic acids is 3. The van der Waals surface area contributed by atoms with Crippen molar-refractivity contribution < 1.29 is 14.4 Å². The van der Waals surface area contributed by atoms with Gasteiger partial charge in [-0.15, -0.1) is 0 Å². The van der Waals surface area contributed by atoms with Crippen LogP contribution in [0.4, 0.5) is 5.69 Å². The number of rotatable bonds is 4. The fraction of sp³-hybridized carbons (Fsp3) is 0.526. The fourth-order valence-corrected chi connectivity index (χ4v) is 4.31. The fourth-order valence-electron chi connectivity index (χ4n) is 3.94. The van der Waals surface area contributed by atoms with E-state index in [1.807, 2.05) is 19.9 Å². The number of imide groups is 1. The minimum absolute atomic E-state index is 0.0839. The number of nitrogens with zero attached hydrogens (tertiary/aromatic N) is 1. The van der Waals surface area contributed by atoms with Crippen molar-refractivity contribution >= 4 is 35.0 Å². The lowest BCUT2D eigenvalue weighted by Gasteiger charge is -2.19. The number of likely N-dealkylation sites (tertiary alicyclic amines) is 1. The Kier molecular flexibility index (Phi) is 5.13. The van der Waals surface area contributed by atoms with E-state index in [-0.39, 0.29) is 42.5 Å². The van der Waals surface area contributed by atoms with Gasteiger partial charge in [-0.1, -0.05) is 30.5 Å². The maximum absolute atomic E-state index is 12.4. The van der Waals surface area contributed by atoms with Gasteiger partial charge in [0.25, 0.3) is 0 Å². The second-order valence-electron chi connectivity index (χ2n) is 7.06. The number of nitrogens with one attached hydrogen (secondary N) is 1. The van der Waals surface area contributed by atoms with Crippen LogP contribution in [0.15, 0.2) is 12.1 Å². The molecular weight excluding hydrogens is 340 g/mol. The normalized spacial score (nSPS) is 22.9. The maximum atomic E-state index is 12.4. The van der Waals surface area contributed by atoms with E-state index in [4.69, 9.17) is 11.6 Å². The average molecular weight is 363 g/mol. The zero-order valence-electron chi connectivity index (χ0n) is 14.6. The van der Waals surface area contributed by atoms with Gasteiger partial charge in [-0.2, -0.15) is 0 Å². The highest BCUT2D eigenvalue weighted by molar-refractivity contribution is 6.34. The third kappa shape index (κ3) is 3.56. The molecule has 2 atom stereocenters. The van der Waals surface area contributed by atoms with Crippen LogP contribution < -0.4 is 5.32 Å². The Bertz CT molecular complexity index is 684. The third-order valence-corrected chi connectivity index (χ3v) is 5.49. The van der Waals surface area contributed by atoms with E-state index in [2.05, 4.69) is 5.32 Å². The van der Waals surface area contributed by atoms with Crippen LogP contribution in [-0.4, -0.2) is 29.2 Å². The maximum Gasteiger partial charge on any atom is 0.233 e. The largest absolute Gasteiger partial charge is 0.324 e. The molecule has 6 heteroatoms. The minimum Gasteiger partial charge on any atom is -0.324 e. The number of aryl methyl sites for hydroxylation is 2. The number of fused-ring (bicyclic) bond motifs is 1. The van der Waals surface area contributed by atoms with Gasteiger partial charge in [0.2, 0.25) is 17.7 Å². The Hall–Kier alpha value is -1.88. The summed E-state index contributed by atoms with van der Waals surface area (Å²) >= 11 is 6.20. The van der Waals surface area contributed by atoms with Crippen molar-refractivity contribution in [2.45, 2.75) is 46.0 Å². The minimum atomic E-state index is -0.246.